The Morgan fingerprint density at radius 3 is 2.64 bits per heavy atom. The number of nitrogens with zero attached hydrogens (tertiary/aromatic N) is 4. The fraction of sp³-hybridized carbons (Fsp3) is 0.500. The molecule has 1 aliphatic heterocycles. The number of fused-ring (bicyclic) bond motifs is 1. The van der Waals surface area contributed by atoms with E-state index in [-0.39, 0.29) is 70.6 Å². The van der Waals surface area contributed by atoms with Crippen molar-refractivity contribution < 1.29 is 88.4 Å². The predicted molar refractivity (Wildman–Crippen MR) is 75.9 cm³/mol. The maximum atomic E-state index is 11.2. The molecular weight excluding hydrogens is 395 g/mol. The van der Waals surface area contributed by atoms with Gasteiger partial charge in [-0.3, -0.25) is 4.57 Å². The van der Waals surface area contributed by atoms with Gasteiger partial charge in [-0.1, -0.05) is 6.72 Å². The third-order valence-corrected chi connectivity index (χ3v) is 4.16. The van der Waals surface area contributed by atoms with E-state index in [1.807, 2.05) is 0 Å². The molecule has 1 aliphatic rings. The van der Waals surface area contributed by atoms with Gasteiger partial charge in [-0.25, -0.2) is 15.0 Å². The molecule has 126 valence electrons. The molecule has 0 radical (unpaired) electrons. The van der Waals surface area contributed by atoms with Gasteiger partial charge in [-0.15, -0.1) is 11.8 Å². The Kier molecular flexibility index (Phi) is 8.86. The first kappa shape index (κ1) is 23.8. The van der Waals surface area contributed by atoms with Crippen LogP contribution in [0.5, 0.6) is 0 Å². The Balaban J connectivity index is 0.00000156. The van der Waals surface area contributed by atoms with Gasteiger partial charge in [0.15, 0.2) is 17.7 Å². The van der Waals surface area contributed by atoms with Gasteiger partial charge in [0.25, 0.3) is 0 Å². The van der Waals surface area contributed by atoms with Crippen molar-refractivity contribution >= 4 is 35.5 Å². The molecule has 3 heterocycles. The summed E-state index contributed by atoms with van der Waals surface area (Å²) in [5.41, 5.74) is 6.26. The Hall–Kier alpha value is 0.760. The summed E-state index contributed by atoms with van der Waals surface area (Å²) in [6, 6.07) is 0. The Labute approximate surface area is 191 Å². The summed E-state index contributed by atoms with van der Waals surface area (Å²) < 4.78 is 11.5. The van der Waals surface area contributed by atoms with Gasteiger partial charge in [0.2, 0.25) is 0 Å². The molecule has 0 aromatic carbocycles. The summed E-state index contributed by atoms with van der Waals surface area (Å²) in [4.78, 5) is 34.2. The first-order chi connectivity index (χ1) is 10.8. The molecule has 1 saturated heterocycles. The number of nitrogen functional groups attached to an aromatic ring is 1. The molecule has 0 aliphatic carbocycles. The third-order valence-electron chi connectivity index (χ3n) is 3.40. The van der Waals surface area contributed by atoms with E-state index >= 15 is 0 Å². The molecule has 3 rings (SSSR count). The summed E-state index contributed by atoms with van der Waals surface area (Å²) in [6.45, 7) is -5.12. The van der Waals surface area contributed by atoms with Crippen LogP contribution in [0.25, 0.3) is 11.2 Å². The summed E-state index contributed by atoms with van der Waals surface area (Å²) in [5.74, 6) is 0.141. The Morgan fingerprint density at radius 2 is 2.04 bits per heavy atom. The topological polar surface area (TPSA) is 175 Å². The van der Waals surface area contributed by atoms with Crippen molar-refractivity contribution in [1.29, 1.82) is 0 Å². The molecule has 0 amide bonds. The van der Waals surface area contributed by atoms with E-state index in [4.69, 9.17) is 10.5 Å². The van der Waals surface area contributed by atoms with Gasteiger partial charge in [-0.2, -0.15) is 0 Å². The molecule has 4 N–H and O–H groups in total. The minimum absolute atomic E-state index is 0. The Morgan fingerprint density at radius 1 is 1.36 bits per heavy atom. The van der Waals surface area contributed by atoms with Gasteiger partial charge in [0.1, 0.15) is 30.2 Å². The molecule has 0 unspecified atom stereocenters. The number of nitrogens with two attached hydrogens (primary N) is 1. The number of rotatable bonds is 4. The number of anilines is 1. The van der Waals surface area contributed by atoms with Crippen LogP contribution < -0.4 is 74.6 Å². The van der Waals surface area contributed by atoms with Crippen LogP contribution in [0.2, 0.25) is 0 Å². The standard InChI is InChI=1S/C10H14N5O6PS.2Na/c11-8-5-9(13-2-12-8)15(3-14-5)10-6(17)7(4(1-16)20-10)21-22(18,19)23;;/h2-4,6-7,10,16-17H,1H2,(H2,11,12,13)(H2,18,19,23);;/q;2*+1/p-2/t4-,6-,7-,10-;;/m1../s1. The molecule has 11 nitrogen and oxygen atoms in total. The van der Waals surface area contributed by atoms with Crippen molar-refractivity contribution in [2.75, 3.05) is 12.3 Å². The molecular formula is C10H12N5Na2O6PS. The van der Waals surface area contributed by atoms with Crippen LogP contribution in [0.1, 0.15) is 6.23 Å². The van der Waals surface area contributed by atoms with Crippen LogP contribution in [0.4, 0.5) is 5.82 Å². The second-order valence-electron chi connectivity index (χ2n) is 4.84. The van der Waals surface area contributed by atoms with Crippen molar-refractivity contribution in [3.8, 4) is 0 Å². The second-order valence-corrected chi connectivity index (χ2v) is 7.29. The van der Waals surface area contributed by atoms with Gasteiger partial charge in [-0.05, 0) is 0 Å². The van der Waals surface area contributed by atoms with E-state index < -0.39 is 37.9 Å². The fourth-order valence-corrected chi connectivity index (χ4v) is 3.29. The normalized spacial score (nSPS) is 26.2. The quantitative estimate of drug-likeness (QED) is 0.324. The van der Waals surface area contributed by atoms with Crippen LogP contribution in [-0.4, -0.2) is 54.7 Å². The van der Waals surface area contributed by atoms with E-state index in [0.717, 1.165) is 0 Å². The Bertz CT molecular complexity index is 777. The number of aliphatic hydroxyl groups is 2. The smallest absolute Gasteiger partial charge is 0.812 e. The first-order valence-corrected chi connectivity index (χ1v) is 8.95. The number of hydrogen-bond donors (Lipinski definition) is 3. The van der Waals surface area contributed by atoms with E-state index in [2.05, 4.69) is 31.3 Å². The summed E-state index contributed by atoms with van der Waals surface area (Å²) >= 11 is 4.18. The zero-order valence-electron chi connectivity index (χ0n) is 13.4. The fourth-order valence-electron chi connectivity index (χ4n) is 2.43. The minimum Gasteiger partial charge on any atom is -0.812 e. The molecule has 2 aromatic rings. The maximum Gasteiger partial charge on any atom is 1.00 e. The predicted octanol–water partition coefficient (Wildman–Crippen LogP) is -9.00. The molecule has 0 bridgehead atoms. The SMILES string of the molecule is Nc1ncnc2c1ncn2[C@@H]1O[C@H](CO)[C@@H](OP([O-])([O-])=S)[C@H]1O.[Na+].[Na+]. The van der Waals surface area contributed by atoms with Crippen molar-refractivity contribution in [3.05, 3.63) is 12.7 Å². The zero-order chi connectivity index (χ0) is 16.8. The molecule has 0 saturated carbocycles. The van der Waals surface area contributed by atoms with Crippen molar-refractivity contribution in [3.63, 3.8) is 0 Å². The molecule has 0 spiro atoms. The van der Waals surface area contributed by atoms with E-state index in [9.17, 15) is 20.0 Å². The number of imidazole rings is 1. The van der Waals surface area contributed by atoms with Crippen LogP contribution in [0.3, 0.4) is 0 Å². The van der Waals surface area contributed by atoms with Crippen molar-refractivity contribution in [2.24, 2.45) is 0 Å². The second kappa shape index (κ2) is 9.30. The van der Waals surface area contributed by atoms with Crippen molar-refractivity contribution in [2.45, 2.75) is 24.5 Å². The number of aromatic nitrogens is 4. The van der Waals surface area contributed by atoms with Crippen molar-refractivity contribution in [1.82, 2.24) is 19.5 Å². The van der Waals surface area contributed by atoms with E-state index in [1.54, 1.807) is 0 Å². The maximum absolute atomic E-state index is 11.2. The van der Waals surface area contributed by atoms with Crippen LogP contribution in [0.15, 0.2) is 12.7 Å². The number of ether oxygens (including phenoxy) is 1. The van der Waals surface area contributed by atoms with Crippen LogP contribution in [-0.2, 0) is 21.1 Å². The summed E-state index contributed by atoms with van der Waals surface area (Å²) in [7, 11) is 0. The molecule has 2 aromatic heterocycles. The summed E-state index contributed by atoms with van der Waals surface area (Å²) in [5, 5.41) is 19.6. The van der Waals surface area contributed by atoms with Gasteiger partial charge < -0.3 is 35.0 Å². The summed E-state index contributed by atoms with van der Waals surface area (Å²) in [6.07, 6.45) is -2.42. The average molecular weight is 407 g/mol. The largest absolute Gasteiger partial charge is 1.00 e. The molecule has 25 heavy (non-hydrogen) atoms. The molecule has 1 fully saturated rings. The van der Waals surface area contributed by atoms with E-state index in [0.29, 0.717) is 5.52 Å². The van der Waals surface area contributed by atoms with Crippen LogP contribution >= 0.6 is 6.72 Å². The minimum atomic E-state index is -4.55. The first-order valence-electron chi connectivity index (χ1n) is 6.39. The van der Waals surface area contributed by atoms with Crippen LogP contribution in [0, 0.1) is 0 Å². The molecule has 4 atom stereocenters. The van der Waals surface area contributed by atoms with E-state index in [1.165, 1.54) is 17.2 Å². The monoisotopic (exact) mass is 407 g/mol. The third kappa shape index (κ3) is 4.98. The number of hydrogen-bond acceptors (Lipinski definition) is 11. The zero-order valence-corrected chi connectivity index (χ0v) is 19.1. The molecule has 15 heteroatoms. The number of aliphatic hydroxyl groups excluding tert-OH is 2. The van der Waals surface area contributed by atoms with Gasteiger partial charge >= 0.3 is 59.1 Å². The average Bonchev–Trinajstić information content (AvgIpc) is 3.01. The van der Waals surface area contributed by atoms with Gasteiger partial charge in [0, 0.05) is 0 Å². The van der Waals surface area contributed by atoms with Gasteiger partial charge in [0.05, 0.1) is 12.9 Å².